The second-order valence-corrected chi connectivity index (χ2v) is 4.85. The van der Waals surface area contributed by atoms with E-state index >= 15 is 0 Å². The Hall–Kier alpha value is -2.08. The Morgan fingerprint density at radius 2 is 1.90 bits per heavy atom. The molecule has 0 fully saturated rings. The summed E-state index contributed by atoms with van der Waals surface area (Å²) in [6.07, 6.45) is 1.19. The summed E-state index contributed by atoms with van der Waals surface area (Å²) in [7, 11) is 0. The van der Waals surface area contributed by atoms with Crippen LogP contribution in [-0.4, -0.2) is 10.9 Å². The maximum Gasteiger partial charge on any atom is 0.267 e. The molecule has 0 saturated heterocycles. The number of rotatable bonds is 3. The van der Waals surface area contributed by atoms with Crippen LogP contribution in [0.5, 0.6) is 0 Å². The topological polar surface area (TPSA) is 56.0 Å². The molecule has 1 heterocycles. The third kappa shape index (κ3) is 2.85. The van der Waals surface area contributed by atoms with E-state index in [-0.39, 0.29) is 11.3 Å². The lowest BCUT2D eigenvalue weighted by molar-refractivity contribution is 0.0995. The number of aryl methyl sites for hydroxylation is 1. The molecule has 1 aromatic carbocycles. The summed E-state index contributed by atoms with van der Waals surface area (Å²) < 4.78 is 40.7. The van der Waals surface area contributed by atoms with Gasteiger partial charge in [0.1, 0.15) is 11.5 Å². The van der Waals surface area contributed by atoms with Crippen LogP contribution in [0.15, 0.2) is 24.4 Å². The van der Waals surface area contributed by atoms with Crippen molar-refractivity contribution in [3.05, 3.63) is 64.2 Å². The number of nitrogens with zero attached hydrogens (tertiary/aromatic N) is 1. The highest BCUT2D eigenvalue weighted by Gasteiger charge is 2.24. The van der Waals surface area contributed by atoms with E-state index in [0.717, 1.165) is 6.07 Å². The second kappa shape index (κ2) is 5.73. The van der Waals surface area contributed by atoms with E-state index in [2.05, 4.69) is 4.98 Å². The lowest BCUT2D eigenvalue weighted by Crippen LogP contribution is -2.14. The molecule has 2 N–H and O–H groups in total. The number of hydrogen-bond donors (Lipinski definition) is 1. The van der Waals surface area contributed by atoms with Crippen molar-refractivity contribution >= 4 is 17.5 Å². The van der Waals surface area contributed by atoms with Crippen molar-refractivity contribution in [3.63, 3.8) is 0 Å². The van der Waals surface area contributed by atoms with Crippen molar-refractivity contribution in [2.75, 3.05) is 0 Å². The van der Waals surface area contributed by atoms with E-state index in [1.165, 1.54) is 12.3 Å². The standard InChI is InChI=1S/C14H10ClF3N2O/c1-6-4-10(14(19)21)20-5-7(6)12(15)11-8(16)2-3-9(17)13(11)18/h2-5,12H,1H3,(H2,19,21). The highest BCUT2D eigenvalue weighted by molar-refractivity contribution is 6.22. The normalized spacial score (nSPS) is 12.2. The van der Waals surface area contributed by atoms with Gasteiger partial charge in [-0.05, 0) is 36.2 Å². The predicted octanol–water partition coefficient (Wildman–Crippen LogP) is 3.23. The van der Waals surface area contributed by atoms with Crippen molar-refractivity contribution in [1.29, 1.82) is 0 Å². The molecule has 0 spiro atoms. The van der Waals surface area contributed by atoms with E-state index in [0.29, 0.717) is 11.6 Å². The number of benzene rings is 1. The SMILES string of the molecule is Cc1cc(C(N)=O)ncc1C(Cl)c1c(F)ccc(F)c1F. The number of aromatic nitrogens is 1. The first-order valence-electron chi connectivity index (χ1n) is 5.86. The second-order valence-electron chi connectivity index (χ2n) is 4.41. The molecule has 2 rings (SSSR count). The van der Waals surface area contributed by atoms with Crippen molar-refractivity contribution < 1.29 is 18.0 Å². The highest BCUT2D eigenvalue weighted by Crippen LogP contribution is 2.34. The molecule has 1 aromatic heterocycles. The minimum absolute atomic E-state index is 0.000280. The molecule has 0 aliphatic heterocycles. The van der Waals surface area contributed by atoms with E-state index in [1.807, 2.05) is 0 Å². The molecular formula is C14H10ClF3N2O. The molecule has 21 heavy (non-hydrogen) atoms. The fourth-order valence-electron chi connectivity index (χ4n) is 1.90. The first-order chi connectivity index (χ1) is 9.82. The van der Waals surface area contributed by atoms with Crippen LogP contribution in [0.25, 0.3) is 0 Å². The molecule has 0 radical (unpaired) electrons. The average molecular weight is 315 g/mol. The third-order valence-corrected chi connectivity index (χ3v) is 3.46. The molecule has 0 aliphatic carbocycles. The highest BCUT2D eigenvalue weighted by atomic mass is 35.5. The zero-order valence-electron chi connectivity index (χ0n) is 10.8. The van der Waals surface area contributed by atoms with Crippen LogP contribution in [0.3, 0.4) is 0 Å². The number of alkyl halides is 1. The van der Waals surface area contributed by atoms with Gasteiger partial charge in [-0.15, -0.1) is 11.6 Å². The Kier molecular flexibility index (Phi) is 4.18. The predicted molar refractivity (Wildman–Crippen MR) is 71.5 cm³/mol. The maximum absolute atomic E-state index is 13.7. The molecule has 0 saturated carbocycles. The molecule has 3 nitrogen and oxygen atoms in total. The number of nitrogens with two attached hydrogens (primary N) is 1. The number of carbonyl (C=O) groups is 1. The first kappa shape index (κ1) is 15.3. The number of amides is 1. The van der Waals surface area contributed by atoms with Gasteiger partial charge in [0, 0.05) is 11.8 Å². The largest absolute Gasteiger partial charge is 0.364 e. The van der Waals surface area contributed by atoms with Gasteiger partial charge in [0.15, 0.2) is 11.6 Å². The van der Waals surface area contributed by atoms with Gasteiger partial charge in [0.2, 0.25) is 0 Å². The Morgan fingerprint density at radius 1 is 1.29 bits per heavy atom. The molecule has 7 heteroatoms. The van der Waals surface area contributed by atoms with Crippen LogP contribution in [0, 0.1) is 24.4 Å². The van der Waals surface area contributed by atoms with Crippen molar-refractivity contribution in [1.82, 2.24) is 4.98 Å². The van der Waals surface area contributed by atoms with Crippen LogP contribution >= 0.6 is 11.6 Å². The van der Waals surface area contributed by atoms with Crippen molar-refractivity contribution in [2.45, 2.75) is 12.3 Å². The van der Waals surface area contributed by atoms with E-state index in [9.17, 15) is 18.0 Å². The summed E-state index contributed by atoms with van der Waals surface area (Å²) in [5.41, 5.74) is 5.20. The van der Waals surface area contributed by atoms with Crippen LogP contribution in [0.1, 0.15) is 32.6 Å². The Morgan fingerprint density at radius 3 is 2.48 bits per heavy atom. The molecule has 2 aromatic rings. The van der Waals surface area contributed by atoms with Gasteiger partial charge in [-0.3, -0.25) is 9.78 Å². The van der Waals surface area contributed by atoms with Crippen molar-refractivity contribution in [3.8, 4) is 0 Å². The molecule has 1 unspecified atom stereocenters. The maximum atomic E-state index is 13.7. The van der Waals surface area contributed by atoms with E-state index in [1.54, 1.807) is 6.92 Å². The fraction of sp³-hybridized carbons (Fsp3) is 0.143. The van der Waals surface area contributed by atoms with Gasteiger partial charge in [-0.1, -0.05) is 0 Å². The zero-order chi connectivity index (χ0) is 15.7. The van der Waals surface area contributed by atoms with Gasteiger partial charge in [0.05, 0.1) is 5.38 Å². The minimum Gasteiger partial charge on any atom is -0.364 e. The summed E-state index contributed by atoms with van der Waals surface area (Å²) in [5, 5.41) is -1.28. The van der Waals surface area contributed by atoms with Crippen molar-refractivity contribution in [2.24, 2.45) is 5.73 Å². The number of primary amides is 1. The molecule has 1 atom stereocenters. The summed E-state index contributed by atoms with van der Waals surface area (Å²) in [4.78, 5) is 14.8. The average Bonchev–Trinajstić information content (AvgIpc) is 2.43. The molecule has 1 amide bonds. The van der Waals surface area contributed by atoms with Gasteiger partial charge in [0.25, 0.3) is 5.91 Å². The van der Waals surface area contributed by atoms with Crippen LogP contribution in [0.4, 0.5) is 13.2 Å². The molecule has 110 valence electrons. The van der Waals surface area contributed by atoms with Gasteiger partial charge >= 0.3 is 0 Å². The summed E-state index contributed by atoms with van der Waals surface area (Å²) >= 11 is 6.05. The van der Waals surface area contributed by atoms with Gasteiger partial charge < -0.3 is 5.73 Å². The summed E-state index contributed by atoms with van der Waals surface area (Å²) in [6.45, 7) is 1.58. The molecule has 0 bridgehead atoms. The summed E-state index contributed by atoms with van der Waals surface area (Å²) in [5.74, 6) is -4.25. The third-order valence-electron chi connectivity index (χ3n) is 3.01. The molecule has 0 aliphatic rings. The summed E-state index contributed by atoms with van der Waals surface area (Å²) in [6, 6.07) is 2.82. The number of carbonyl (C=O) groups excluding carboxylic acids is 1. The van der Waals surface area contributed by atoms with E-state index in [4.69, 9.17) is 17.3 Å². The Balaban J connectivity index is 2.53. The van der Waals surface area contributed by atoms with Gasteiger partial charge in [-0.2, -0.15) is 0 Å². The lowest BCUT2D eigenvalue weighted by atomic mass is 10.00. The van der Waals surface area contributed by atoms with Crippen LogP contribution in [-0.2, 0) is 0 Å². The van der Waals surface area contributed by atoms with E-state index < -0.39 is 34.3 Å². The zero-order valence-corrected chi connectivity index (χ0v) is 11.6. The minimum atomic E-state index is -1.35. The number of halogens is 4. The number of pyridine rings is 1. The fourth-order valence-corrected chi connectivity index (χ4v) is 2.33. The number of hydrogen-bond acceptors (Lipinski definition) is 2. The quantitative estimate of drug-likeness (QED) is 0.698. The monoisotopic (exact) mass is 314 g/mol. The Labute approximate surface area is 123 Å². The van der Waals surface area contributed by atoms with Crippen LogP contribution < -0.4 is 5.73 Å². The molecular weight excluding hydrogens is 305 g/mol. The first-order valence-corrected chi connectivity index (χ1v) is 6.30. The lowest BCUT2D eigenvalue weighted by Gasteiger charge is -2.15. The Bertz CT molecular complexity index is 722. The smallest absolute Gasteiger partial charge is 0.267 e. The van der Waals surface area contributed by atoms with Gasteiger partial charge in [-0.25, -0.2) is 13.2 Å². The van der Waals surface area contributed by atoms with Crippen LogP contribution in [0.2, 0.25) is 0 Å².